The van der Waals surface area contributed by atoms with Crippen LogP contribution in [0.25, 0.3) is 0 Å². The predicted octanol–water partition coefficient (Wildman–Crippen LogP) is -0.00770. The maximum atomic E-state index is 10.7. The number of aliphatic hydroxyl groups is 1. The molecule has 1 N–H and O–H groups in total. The molecule has 0 saturated heterocycles. The van der Waals surface area contributed by atoms with Gasteiger partial charge in [-0.15, -0.1) is 0 Å². The van der Waals surface area contributed by atoms with Crippen LogP contribution >= 0.6 is 0 Å². The monoisotopic (exact) mass is 141 g/mol. The first-order valence-electron chi connectivity index (χ1n) is 2.82. The van der Waals surface area contributed by atoms with Gasteiger partial charge in [-0.2, -0.15) is 0 Å². The minimum atomic E-state index is -1.30. The molecule has 0 fully saturated rings. The van der Waals surface area contributed by atoms with Crippen LogP contribution in [-0.2, 0) is 9.59 Å². The van der Waals surface area contributed by atoms with Crippen LogP contribution in [-0.4, -0.2) is 23.3 Å². The van der Waals surface area contributed by atoms with Gasteiger partial charge in [0.05, 0.1) is 0 Å². The summed E-state index contributed by atoms with van der Waals surface area (Å²) in [4.78, 5) is 20.4. The van der Waals surface area contributed by atoms with Gasteiger partial charge in [-0.3, -0.25) is 9.59 Å². The number of allylic oxidation sites excluding steroid dienone is 1. The fraction of sp³-hybridized carbons (Fsp3) is 0.429. The van der Waals surface area contributed by atoms with Gasteiger partial charge in [-0.05, 0) is 12.5 Å². The molecule has 0 saturated carbocycles. The molecule has 0 aliphatic carbocycles. The molecule has 0 aliphatic rings. The number of hydrogen-bond acceptors (Lipinski definition) is 3. The van der Waals surface area contributed by atoms with Crippen LogP contribution in [0.2, 0.25) is 0 Å². The fourth-order valence-electron chi connectivity index (χ4n) is 0.392. The average molecular weight is 141 g/mol. The van der Waals surface area contributed by atoms with Crippen LogP contribution in [0.3, 0.4) is 0 Å². The van der Waals surface area contributed by atoms with Crippen molar-refractivity contribution in [1.82, 2.24) is 0 Å². The van der Waals surface area contributed by atoms with Gasteiger partial charge in [-0.25, -0.2) is 0 Å². The van der Waals surface area contributed by atoms with Crippen LogP contribution in [0.4, 0.5) is 0 Å². The molecule has 0 aromatic heterocycles. The van der Waals surface area contributed by atoms with E-state index in [2.05, 4.69) is 6.58 Å². The van der Waals surface area contributed by atoms with Crippen molar-refractivity contribution in [1.29, 1.82) is 0 Å². The number of Topliss-reactive ketones (excluding diaryl/α,β-unsaturated/α-hetero) is 1. The van der Waals surface area contributed by atoms with Crippen molar-refractivity contribution < 1.29 is 14.7 Å². The Labute approximate surface area is 59.4 Å². The zero-order valence-corrected chi connectivity index (χ0v) is 5.76. The molecule has 1 radical (unpaired) electrons. The Morgan fingerprint density at radius 2 is 2.30 bits per heavy atom. The van der Waals surface area contributed by atoms with Crippen LogP contribution in [0.5, 0.6) is 0 Å². The molecule has 0 heterocycles. The molecule has 55 valence electrons. The summed E-state index contributed by atoms with van der Waals surface area (Å²) in [6, 6.07) is 0. The van der Waals surface area contributed by atoms with Gasteiger partial charge in [0, 0.05) is 6.42 Å². The number of rotatable bonds is 4. The van der Waals surface area contributed by atoms with Crippen molar-refractivity contribution in [2.24, 2.45) is 0 Å². The van der Waals surface area contributed by atoms with Crippen LogP contribution in [0.1, 0.15) is 13.3 Å². The molecule has 1 atom stereocenters. The van der Waals surface area contributed by atoms with Gasteiger partial charge in [0.25, 0.3) is 0 Å². The molecule has 0 rings (SSSR count). The van der Waals surface area contributed by atoms with Crippen LogP contribution in [0.15, 0.2) is 12.2 Å². The van der Waals surface area contributed by atoms with E-state index in [4.69, 9.17) is 5.11 Å². The Balaban J connectivity index is 3.79. The van der Waals surface area contributed by atoms with Crippen molar-refractivity contribution >= 4 is 12.1 Å². The highest BCUT2D eigenvalue weighted by Gasteiger charge is 2.09. The molecular weight excluding hydrogens is 132 g/mol. The summed E-state index contributed by atoms with van der Waals surface area (Å²) in [6.07, 6.45) is -0.217. The second kappa shape index (κ2) is 3.95. The van der Waals surface area contributed by atoms with Crippen molar-refractivity contribution in [3.63, 3.8) is 0 Å². The number of ketones is 1. The molecule has 0 aromatic rings. The SMILES string of the molecule is C=C(C)C(=O)CC(O)[C]=O. The van der Waals surface area contributed by atoms with E-state index in [1.54, 1.807) is 0 Å². The van der Waals surface area contributed by atoms with E-state index in [1.807, 2.05) is 0 Å². The largest absolute Gasteiger partial charge is 0.384 e. The van der Waals surface area contributed by atoms with E-state index < -0.39 is 6.10 Å². The summed E-state index contributed by atoms with van der Waals surface area (Å²) in [5.74, 6) is -0.309. The Morgan fingerprint density at radius 1 is 1.80 bits per heavy atom. The van der Waals surface area contributed by atoms with Gasteiger partial charge in [-0.1, -0.05) is 6.58 Å². The first-order chi connectivity index (χ1) is 4.57. The third-order valence-electron chi connectivity index (χ3n) is 0.991. The van der Waals surface area contributed by atoms with E-state index in [0.717, 1.165) is 0 Å². The lowest BCUT2D eigenvalue weighted by Gasteiger charge is -1.98. The third-order valence-corrected chi connectivity index (χ3v) is 0.991. The molecule has 0 spiro atoms. The fourth-order valence-corrected chi connectivity index (χ4v) is 0.392. The molecule has 3 nitrogen and oxygen atoms in total. The summed E-state index contributed by atoms with van der Waals surface area (Å²) in [5, 5.41) is 8.59. The number of hydrogen-bond donors (Lipinski definition) is 1. The standard InChI is InChI=1S/C7H9O3/c1-5(2)7(10)3-6(9)4-8/h6,9H,1,3H2,2H3. The quantitative estimate of drug-likeness (QED) is 0.560. The van der Waals surface area contributed by atoms with Gasteiger partial charge < -0.3 is 5.11 Å². The second-order valence-corrected chi connectivity index (χ2v) is 2.04. The smallest absolute Gasteiger partial charge is 0.229 e. The van der Waals surface area contributed by atoms with Crippen LogP contribution < -0.4 is 0 Å². The topological polar surface area (TPSA) is 54.4 Å². The van der Waals surface area contributed by atoms with Crippen molar-refractivity contribution in [3.05, 3.63) is 12.2 Å². The van der Waals surface area contributed by atoms with Gasteiger partial charge in [0.15, 0.2) is 5.78 Å². The zero-order valence-electron chi connectivity index (χ0n) is 5.76. The zero-order chi connectivity index (χ0) is 8.15. The predicted molar refractivity (Wildman–Crippen MR) is 36.1 cm³/mol. The van der Waals surface area contributed by atoms with Crippen molar-refractivity contribution in [2.45, 2.75) is 19.4 Å². The highest BCUT2D eigenvalue weighted by atomic mass is 16.3. The van der Waals surface area contributed by atoms with E-state index in [9.17, 15) is 9.59 Å². The van der Waals surface area contributed by atoms with E-state index >= 15 is 0 Å². The van der Waals surface area contributed by atoms with E-state index in [1.165, 1.54) is 13.2 Å². The normalized spacial score (nSPS) is 12.2. The Bertz CT molecular complexity index is 160. The molecular formula is C7H9O3. The molecule has 10 heavy (non-hydrogen) atoms. The maximum Gasteiger partial charge on any atom is 0.229 e. The summed E-state index contributed by atoms with van der Waals surface area (Å²) in [7, 11) is 0. The number of carbonyl (C=O) groups is 1. The summed E-state index contributed by atoms with van der Waals surface area (Å²) >= 11 is 0. The second-order valence-electron chi connectivity index (χ2n) is 2.04. The average Bonchev–Trinajstić information content (AvgIpc) is 1.87. The highest BCUT2D eigenvalue weighted by Crippen LogP contribution is 1.97. The lowest BCUT2D eigenvalue weighted by atomic mass is 10.1. The Morgan fingerprint density at radius 3 is 2.60 bits per heavy atom. The summed E-state index contributed by atoms with van der Waals surface area (Å²) in [5.41, 5.74) is 0.342. The molecule has 0 bridgehead atoms. The molecule has 0 aromatic carbocycles. The Hall–Kier alpha value is -0.960. The van der Waals surface area contributed by atoms with Crippen LogP contribution in [0, 0.1) is 0 Å². The van der Waals surface area contributed by atoms with E-state index in [0.29, 0.717) is 5.57 Å². The number of aliphatic hydroxyl groups excluding tert-OH is 1. The van der Waals surface area contributed by atoms with Gasteiger partial charge in [0.1, 0.15) is 6.10 Å². The lowest BCUT2D eigenvalue weighted by molar-refractivity contribution is -0.116. The first kappa shape index (κ1) is 9.04. The third kappa shape index (κ3) is 3.14. The lowest BCUT2D eigenvalue weighted by Crippen LogP contribution is -2.14. The molecule has 1 unspecified atom stereocenters. The minimum absolute atomic E-state index is 0.209. The van der Waals surface area contributed by atoms with Crippen molar-refractivity contribution in [3.8, 4) is 0 Å². The molecule has 0 aliphatic heterocycles. The molecule has 3 heteroatoms. The van der Waals surface area contributed by atoms with Crippen molar-refractivity contribution in [2.75, 3.05) is 0 Å². The van der Waals surface area contributed by atoms with E-state index in [-0.39, 0.29) is 12.2 Å². The van der Waals surface area contributed by atoms with Gasteiger partial charge in [0.2, 0.25) is 6.29 Å². The summed E-state index contributed by atoms with van der Waals surface area (Å²) < 4.78 is 0. The summed E-state index contributed by atoms with van der Waals surface area (Å²) in [6.45, 7) is 4.88. The first-order valence-corrected chi connectivity index (χ1v) is 2.82. The van der Waals surface area contributed by atoms with Gasteiger partial charge >= 0.3 is 0 Å². The highest BCUT2D eigenvalue weighted by molar-refractivity contribution is 5.95. The maximum absolute atomic E-state index is 10.7. The Kier molecular flexibility index (Phi) is 3.57. The number of carbonyl (C=O) groups excluding carboxylic acids is 2. The minimum Gasteiger partial charge on any atom is -0.384 e. The molecule has 0 amide bonds.